The number of nitrogens with zero attached hydrogens (tertiary/aromatic N) is 2. The lowest BCUT2D eigenvalue weighted by atomic mass is 10.2. The largest absolute Gasteiger partial charge is 0.318 e. The number of hydrogen-bond donors (Lipinski definition) is 0. The molecule has 0 aliphatic carbocycles. The van der Waals surface area contributed by atoms with E-state index < -0.39 is 0 Å². The van der Waals surface area contributed by atoms with Crippen molar-refractivity contribution in [3.8, 4) is 5.69 Å². The maximum absolute atomic E-state index is 4.69. The van der Waals surface area contributed by atoms with E-state index in [2.05, 4.69) is 112 Å². The average molecular weight is 493 g/mol. The molecule has 0 saturated heterocycles. The molecular weight excluding hydrogens is 475 g/mol. The van der Waals surface area contributed by atoms with Gasteiger partial charge < -0.3 is 4.57 Å². The Kier molecular flexibility index (Phi) is 5.25. The zero-order chi connectivity index (χ0) is 17.3. The average Bonchev–Trinajstić information content (AvgIpc) is 2.82. The second-order valence-electron chi connectivity index (χ2n) is 5.83. The number of aliphatic imine (C=N–C) groups is 1. The quantitative estimate of drug-likeness (QED) is 0.292. The van der Waals surface area contributed by atoms with E-state index in [9.17, 15) is 0 Å². The van der Waals surface area contributed by atoms with Gasteiger partial charge in [0.05, 0.1) is 5.69 Å². The van der Waals surface area contributed by atoms with Crippen molar-refractivity contribution in [1.82, 2.24) is 4.57 Å². The van der Waals surface area contributed by atoms with Gasteiger partial charge in [0.25, 0.3) is 0 Å². The first-order valence-electron chi connectivity index (χ1n) is 7.71. The molecule has 0 fully saturated rings. The van der Waals surface area contributed by atoms with Gasteiger partial charge in [0.2, 0.25) is 0 Å². The second-order valence-corrected chi connectivity index (χ2v) is 7.99. The van der Waals surface area contributed by atoms with Gasteiger partial charge in [-0.1, -0.05) is 15.9 Å². The van der Waals surface area contributed by atoms with E-state index in [0.29, 0.717) is 0 Å². The minimum absolute atomic E-state index is 1.02. The predicted molar refractivity (Wildman–Crippen MR) is 114 cm³/mol. The molecular formula is C20H18BrIN2. The SMILES string of the molecule is Cc1cc(I)ccc1N=Cc1cc(C)n(-c2ccc(Br)cc2)c1C. The number of benzene rings is 2. The highest BCUT2D eigenvalue weighted by Gasteiger charge is 2.09. The summed E-state index contributed by atoms with van der Waals surface area (Å²) in [5.74, 6) is 0. The van der Waals surface area contributed by atoms with Crippen LogP contribution in [0.2, 0.25) is 0 Å². The van der Waals surface area contributed by atoms with Gasteiger partial charge in [0, 0.05) is 36.9 Å². The number of aryl methyl sites for hydroxylation is 2. The Morgan fingerprint density at radius 3 is 2.38 bits per heavy atom. The van der Waals surface area contributed by atoms with Gasteiger partial charge in [-0.15, -0.1) is 0 Å². The molecule has 0 aliphatic rings. The molecule has 0 unspecified atom stereocenters. The zero-order valence-electron chi connectivity index (χ0n) is 13.8. The molecule has 0 N–H and O–H groups in total. The highest BCUT2D eigenvalue weighted by atomic mass is 127. The highest BCUT2D eigenvalue weighted by molar-refractivity contribution is 14.1. The monoisotopic (exact) mass is 492 g/mol. The van der Waals surface area contributed by atoms with Crippen LogP contribution >= 0.6 is 38.5 Å². The van der Waals surface area contributed by atoms with Gasteiger partial charge in [-0.2, -0.15) is 0 Å². The maximum Gasteiger partial charge on any atom is 0.0659 e. The first kappa shape index (κ1) is 17.4. The fraction of sp³-hybridized carbons (Fsp3) is 0.150. The molecule has 4 heteroatoms. The molecule has 3 rings (SSSR count). The third kappa shape index (κ3) is 3.64. The molecule has 0 amide bonds. The van der Waals surface area contributed by atoms with Crippen LogP contribution in [0.3, 0.4) is 0 Å². The first-order chi connectivity index (χ1) is 11.5. The maximum atomic E-state index is 4.69. The fourth-order valence-corrected chi connectivity index (χ4v) is 3.72. The molecule has 1 aromatic heterocycles. The number of aromatic nitrogens is 1. The molecule has 0 atom stereocenters. The molecule has 2 aromatic carbocycles. The summed E-state index contributed by atoms with van der Waals surface area (Å²) in [5.41, 5.74) is 6.92. The number of hydrogen-bond acceptors (Lipinski definition) is 1. The van der Waals surface area contributed by atoms with Gasteiger partial charge in [-0.25, -0.2) is 0 Å². The molecule has 0 bridgehead atoms. The van der Waals surface area contributed by atoms with Crippen LogP contribution in [0, 0.1) is 24.3 Å². The zero-order valence-corrected chi connectivity index (χ0v) is 17.6. The van der Waals surface area contributed by atoms with E-state index in [-0.39, 0.29) is 0 Å². The van der Waals surface area contributed by atoms with Crippen LogP contribution in [0.4, 0.5) is 5.69 Å². The molecule has 0 radical (unpaired) electrons. The first-order valence-corrected chi connectivity index (χ1v) is 9.58. The number of halogens is 2. The third-order valence-corrected chi connectivity index (χ3v) is 5.26. The standard InChI is InChI=1S/C20H18BrIN2/c1-13-10-18(22)6-9-20(13)23-12-16-11-14(2)24(15(16)3)19-7-4-17(21)5-8-19/h4-12H,1-3H3. The van der Waals surface area contributed by atoms with Crippen molar-refractivity contribution < 1.29 is 0 Å². The summed E-state index contributed by atoms with van der Waals surface area (Å²) in [6.45, 7) is 6.36. The molecule has 122 valence electrons. The molecule has 0 spiro atoms. The summed E-state index contributed by atoms with van der Waals surface area (Å²) in [5, 5.41) is 0. The van der Waals surface area contributed by atoms with Crippen molar-refractivity contribution in [3.63, 3.8) is 0 Å². The molecule has 3 aromatic rings. The van der Waals surface area contributed by atoms with E-state index in [1.54, 1.807) is 0 Å². The third-order valence-electron chi connectivity index (χ3n) is 4.06. The van der Waals surface area contributed by atoms with Crippen LogP contribution in [0.25, 0.3) is 5.69 Å². The summed E-state index contributed by atoms with van der Waals surface area (Å²) < 4.78 is 4.58. The lowest BCUT2D eigenvalue weighted by molar-refractivity contribution is 0.964. The molecule has 1 heterocycles. The Balaban J connectivity index is 1.97. The topological polar surface area (TPSA) is 17.3 Å². The van der Waals surface area contributed by atoms with Crippen LogP contribution in [-0.4, -0.2) is 10.8 Å². The van der Waals surface area contributed by atoms with Crippen molar-refractivity contribution in [2.75, 3.05) is 0 Å². The van der Waals surface area contributed by atoms with E-state index >= 15 is 0 Å². The van der Waals surface area contributed by atoms with Gasteiger partial charge >= 0.3 is 0 Å². The minimum Gasteiger partial charge on any atom is -0.318 e. The normalized spacial score (nSPS) is 11.4. The second kappa shape index (κ2) is 7.23. The highest BCUT2D eigenvalue weighted by Crippen LogP contribution is 2.24. The molecule has 24 heavy (non-hydrogen) atoms. The van der Waals surface area contributed by atoms with Gasteiger partial charge in [0.1, 0.15) is 0 Å². The Hall–Kier alpha value is -1.40. The van der Waals surface area contributed by atoms with Crippen molar-refractivity contribution in [1.29, 1.82) is 0 Å². The van der Waals surface area contributed by atoms with Crippen LogP contribution in [0.5, 0.6) is 0 Å². The summed E-state index contributed by atoms with van der Waals surface area (Å²) >= 11 is 5.82. The molecule has 0 saturated carbocycles. The lowest BCUT2D eigenvalue weighted by Gasteiger charge is -2.09. The van der Waals surface area contributed by atoms with E-state index in [4.69, 9.17) is 4.99 Å². The summed E-state index contributed by atoms with van der Waals surface area (Å²) in [6, 6.07) is 16.9. The smallest absolute Gasteiger partial charge is 0.0659 e. The van der Waals surface area contributed by atoms with Gasteiger partial charge in [-0.3, -0.25) is 4.99 Å². The van der Waals surface area contributed by atoms with E-state index in [1.165, 1.54) is 26.2 Å². The van der Waals surface area contributed by atoms with Crippen molar-refractivity contribution in [2.45, 2.75) is 20.8 Å². The van der Waals surface area contributed by atoms with Gasteiger partial charge in [-0.05, 0) is 97.5 Å². The van der Waals surface area contributed by atoms with E-state index in [1.807, 2.05) is 6.21 Å². The lowest BCUT2D eigenvalue weighted by Crippen LogP contribution is -1.99. The van der Waals surface area contributed by atoms with Crippen LogP contribution in [0.1, 0.15) is 22.5 Å². The van der Waals surface area contributed by atoms with Crippen molar-refractivity contribution in [2.24, 2.45) is 4.99 Å². The van der Waals surface area contributed by atoms with E-state index in [0.717, 1.165) is 15.7 Å². The molecule has 2 nitrogen and oxygen atoms in total. The van der Waals surface area contributed by atoms with Crippen LogP contribution < -0.4 is 0 Å². The Morgan fingerprint density at radius 2 is 1.71 bits per heavy atom. The Morgan fingerprint density at radius 1 is 1.00 bits per heavy atom. The Labute approximate surface area is 164 Å². The minimum atomic E-state index is 1.02. The van der Waals surface area contributed by atoms with Crippen LogP contribution in [0.15, 0.2) is 58.0 Å². The molecule has 0 aliphatic heterocycles. The van der Waals surface area contributed by atoms with Crippen LogP contribution in [-0.2, 0) is 0 Å². The predicted octanol–water partition coefficient (Wildman–Crippen LogP) is 6.52. The Bertz CT molecular complexity index is 908. The summed E-state index contributed by atoms with van der Waals surface area (Å²) in [6.07, 6.45) is 1.97. The van der Waals surface area contributed by atoms with Gasteiger partial charge in [0.15, 0.2) is 0 Å². The summed E-state index contributed by atoms with van der Waals surface area (Å²) in [7, 11) is 0. The van der Waals surface area contributed by atoms with Crippen molar-refractivity contribution in [3.05, 3.63) is 79.1 Å². The number of rotatable bonds is 3. The summed E-state index contributed by atoms with van der Waals surface area (Å²) in [4.78, 5) is 4.69. The van der Waals surface area contributed by atoms with Crippen molar-refractivity contribution >= 4 is 50.4 Å². The fourth-order valence-electron chi connectivity index (χ4n) is 2.81.